The molecule has 21 heavy (non-hydrogen) atoms. The van der Waals surface area contributed by atoms with Gasteiger partial charge in [0.05, 0.1) is 6.04 Å². The lowest BCUT2D eigenvalue weighted by atomic mass is 10.1. The second-order valence-corrected chi connectivity index (χ2v) is 5.88. The van der Waals surface area contributed by atoms with Crippen LogP contribution in [0, 0.1) is 0 Å². The Hall–Kier alpha value is -1.03. The van der Waals surface area contributed by atoms with E-state index in [1.165, 1.54) is 0 Å². The van der Waals surface area contributed by atoms with Crippen molar-refractivity contribution in [2.75, 3.05) is 6.54 Å². The minimum Gasteiger partial charge on any atom is -0.333 e. The number of hydrogen-bond donors (Lipinski definition) is 1. The average Bonchev–Trinajstić information content (AvgIpc) is 2.90. The molecule has 0 spiro atoms. The summed E-state index contributed by atoms with van der Waals surface area (Å²) in [5, 5.41) is 4.85. The largest absolute Gasteiger partial charge is 0.333 e. The molecule has 0 aliphatic rings. The highest BCUT2D eigenvalue weighted by Crippen LogP contribution is 2.30. The molecule has 114 valence electrons. The number of aromatic nitrogens is 2. The average molecular weight is 326 g/mol. The van der Waals surface area contributed by atoms with Crippen molar-refractivity contribution >= 4 is 23.2 Å². The van der Waals surface area contributed by atoms with Gasteiger partial charge in [-0.15, -0.1) is 0 Å². The minimum atomic E-state index is -0.0173. The van der Waals surface area contributed by atoms with Crippen molar-refractivity contribution in [3.63, 3.8) is 0 Å². The second-order valence-electron chi connectivity index (χ2n) is 5.03. The number of rotatable bonds is 7. The highest BCUT2D eigenvalue weighted by Gasteiger charge is 2.21. The monoisotopic (exact) mass is 325 g/mol. The molecule has 0 radical (unpaired) electrons. The van der Waals surface area contributed by atoms with Crippen LogP contribution in [0.25, 0.3) is 0 Å². The maximum atomic E-state index is 6.39. The zero-order valence-electron chi connectivity index (χ0n) is 12.4. The summed E-state index contributed by atoms with van der Waals surface area (Å²) in [4.78, 5) is 4.54. The number of nitrogens with zero attached hydrogens (tertiary/aromatic N) is 2. The zero-order valence-corrected chi connectivity index (χ0v) is 14.0. The van der Waals surface area contributed by atoms with Gasteiger partial charge in [-0.25, -0.2) is 4.98 Å². The fraction of sp³-hybridized carbons (Fsp3) is 0.438. The van der Waals surface area contributed by atoms with Crippen molar-refractivity contribution < 1.29 is 0 Å². The van der Waals surface area contributed by atoms with Crippen LogP contribution in [0.4, 0.5) is 0 Å². The van der Waals surface area contributed by atoms with E-state index in [2.05, 4.69) is 28.7 Å². The van der Waals surface area contributed by atoms with E-state index in [0.29, 0.717) is 10.0 Å². The van der Waals surface area contributed by atoms with Crippen molar-refractivity contribution in [3.05, 3.63) is 52.0 Å². The van der Waals surface area contributed by atoms with Crippen LogP contribution < -0.4 is 5.32 Å². The zero-order chi connectivity index (χ0) is 15.2. The van der Waals surface area contributed by atoms with Crippen LogP contribution >= 0.6 is 23.2 Å². The van der Waals surface area contributed by atoms with Gasteiger partial charge >= 0.3 is 0 Å². The molecule has 0 saturated heterocycles. The van der Waals surface area contributed by atoms with Crippen LogP contribution in [-0.4, -0.2) is 16.1 Å². The van der Waals surface area contributed by atoms with Crippen LogP contribution in [0.15, 0.2) is 30.6 Å². The third kappa shape index (κ3) is 4.00. The van der Waals surface area contributed by atoms with Gasteiger partial charge in [0.15, 0.2) is 0 Å². The summed E-state index contributed by atoms with van der Waals surface area (Å²) in [7, 11) is 0. The first kappa shape index (κ1) is 16.3. The van der Waals surface area contributed by atoms with Gasteiger partial charge in [0.2, 0.25) is 0 Å². The van der Waals surface area contributed by atoms with Gasteiger partial charge in [0.25, 0.3) is 0 Å². The molecule has 1 N–H and O–H groups in total. The normalized spacial score (nSPS) is 12.6. The summed E-state index contributed by atoms with van der Waals surface area (Å²) in [6, 6.07) is 5.61. The van der Waals surface area contributed by atoms with E-state index in [4.69, 9.17) is 23.2 Å². The highest BCUT2D eigenvalue weighted by molar-refractivity contribution is 6.35. The van der Waals surface area contributed by atoms with Gasteiger partial charge in [-0.1, -0.05) is 43.1 Å². The predicted molar refractivity (Wildman–Crippen MR) is 89.1 cm³/mol. The smallest absolute Gasteiger partial charge is 0.130 e. The Kier molecular flexibility index (Phi) is 6.09. The second kappa shape index (κ2) is 7.83. The molecule has 1 atom stereocenters. The third-order valence-electron chi connectivity index (χ3n) is 3.34. The van der Waals surface area contributed by atoms with E-state index >= 15 is 0 Å². The first-order valence-electron chi connectivity index (χ1n) is 7.36. The van der Waals surface area contributed by atoms with Gasteiger partial charge in [-0.2, -0.15) is 0 Å². The lowest BCUT2D eigenvalue weighted by molar-refractivity contribution is 0.530. The fourth-order valence-corrected chi connectivity index (χ4v) is 2.89. The first-order valence-corrected chi connectivity index (χ1v) is 8.12. The van der Waals surface area contributed by atoms with Crippen molar-refractivity contribution in [3.8, 4) is 0 Å². The molecular weight excluding hydrogens is 305 g/mol. The summed E-state index contributed by atoms with van der Waals surface area (Å²) in [6.45, 7) is 6.16. The van der Waals surface area contributed by atoms with E-state index < -0.39 is 0 Å². The van der Waals surface area contributed by atoms with Crippen LogP contribution in [0.1, 0.15) is 44.1 Å². The molecule has 1 heterocycles. The van der Waals surface area contributed by atoms with Gasteiger partial charge < -0.3 is 9.88 Å². The lowest BCUT2D eigenvalue weighted by Gasteiger charge is -2.21. The number of benzene rings is 1. The lowest BCUT2D eigenvalue weighted by Crippen LogP contribution is -2.26. The molecule has 0 saturated carbocycles. The van der Waals surface area contributed by atoms with Crippen LogP contribution in [0.5, 0.6) is 0 Å². The number of halogens is 2. The van der Waals surface area contributed by atoms with Crippen LogP contribution in [0.3, 0.4) is 0 Å². The molecule has 1 aromatic heterocycles. The fourth-order valence-electron chi connectivity index (χ4n) is 2.38. The van der Waals surface area contributed by atoms with Crippen molar-refractivity contribution in [1.29, 1.82) is 0 Å². The van der Waals surface area contributed by atoms with Crippen molar-refractivity contribution in [2.24, 2.45) is 0 Å². The Morgan fingerprint density at radius 3 is 2.71 bits per heavy atom. The topological polar surface area (TPSA) is 29.9 Å². The van der Waals surface area contributed by atoms with E-state index in [1.54, 1.807) is 6.07 Å². The molecule has 0 fully saturated rings. The highest BCUT2D eigenvalue weighted by atomic mass is 35.5. The number of nitrogens with one attached hydrogen (secondary N) is 1. The number of aryl methyl sites for hydroxylation is 1. The minimum absolute atomic E-state index is 0.0173. The van der Waals surface area contributed by atoms with Crippen LogP contribution in [0.2, 0.25) is 10.0 Å². The van der Waals surface area contributed by atoms with Gasteiger partial charge in [-0.3, -0.25) is 0 Å². The van der Waals surface area contributed by atoms with Crippen molar-refractivity contribution in [1.82, 2.24) is 14.9 Å². The summed E-state index contributed by atoms with van der Waals surface area (Å²) in [5.74, 6) is 0.995. The van der Waals surface area contributed by atoms with E-state index in [9.17, 15) is 0 Å². The summed E-state index contributed by atoms with van der Waals surface area (Å²) < 4.78 is 2.18. The molecule has 2 aromatic rings. The van der Waals surface area contributed by atoms with Crippen molar-refractivity contribution in [2.45, 2.75) is 39.3 Å². The Morgan fingerprint density at radius 1 is 1.24 bits per heavy atom. The standard InChI is InChI=1S/C16H21Cl2N3/c1-3-7-19-15(13-6-5-12(17)11-14(13)18)16-20-8-10-21(16)9-4-2/h5-6,8,10-11,15,19H,3-4,7,9H2,1-2H3. The molecule has 0 aliphatic heterocycles. The Morgan fingerprint density at radius 2 is 2.05 bits per heavy atom. The molecule has 0 bridgehead atoms. The van der Waals surface area contributed by atoms with Gasteiger partial charge in [0, 0.05) is 29.0 Å². The molecule has 3 nitrogen and oxygen atoms in total. The van der Waals surface area contributed by atoms with E-state index in [0.717, 1.165) is 37.3 Å². The summed E-state index contributed by atoms with van der Waals surface area (Å²) in [5.41, 5.74) is 1.01. The van der Waals surface area contributed by atoms with Gasteiger partial charge in [-0.05, 0) is 37.1 Å². The van der Waals surface area contributed by atoms with E-state index in [-0.39, 0.29) is 6.04 Å². The molecular formula is C16H21Cl2N3. The molecule has 0 amide bonds. The maximum Gasteiger partial charge on any atom is 0.130 e. The quantitative estimate of drug-likeness (QED) is 0.800. The molecule has 2 rings (SSSR count). The number of hydrogen-bond acceptors (Lipinski definition) is 2. The SMILES string of the molecule is CCCNC(c1ccc(Cl)cc1Cl)c1nccn1CCC. The predicted octanol–water partition coefficient (Wildman–Crippen LogP) is 4.69. The Balaban J connectivity index is 2.39. The van der Waals surface area contributed by atoms with Gasteiger partial charge in [0.1, 0.15) is 5.82 Å². The van der Waals surface area contributed by atoms with Crippen LogP contribution in [-0.2, 0) is 6.54 Å². The summed E-state index contributed by atoms with van der Waals surface area (Å²) >= 11 is 12.4. The molecule has 5 heteroatoms. The molecule has 1 unspecified atom stereocenters. The number of imidazole rings is 1. The molecule has 1 aromatic carbocycles. The maximum absolute atomic E-state index is 6.39. The Bertz CT molecular complexity index is 581. The molecule has 0 aliphatic carbocycles. The first-order chi connectivity index (χ1) is 10.2. The third-order valence-corrected chi connectivity index (χ3v) is 3.90. The Labute approximate surface area is 136 Å². The van der Waals surface area contributed by atoms with E-state index in [1.807, 2.05) is 24.5 Å². The summed E-state index contributed by atoms with van der Waals surface area (Å²) in [6.07, 6.45) is 5.98.